The van der Waals surface area contributed by atoms with E-state index in [0.29, 0.717) is 6.04 Å². The summed E-state index contributed by atoms with van der Waals surface area (Å²) >= 11 is 0. The molecule has 0 spiro atoms. The zero-order valence-electron chi connectivity index (χ0n) is 13.2. The first kappa shape index (κ1) is 15.1. The largest absolute Gasteiger partial charge is 0.314 e. The highest BCUT2D eigenvalue weighted by atomic mass is 14.9. The first-order valence-electron chi connectivity index (χ1n) is 7.75. The molecular weight excluding hydrogens is 242 g/mol. The molecule has 1 nitrogen and oxygen atoms in total. The Morgan fingerprint density at radius 2 is 1.75 bits per heavy atom. The Labute approximate surface area is 123 Å². The SMILES string of the molecule is CCCNC(C)CC(C)(C)c1ccc2ccccc2c1. The van der Waals surface area contributed by atoms with Crippen molar-refractivity contribution in [2.75, 3.05) is 6.54 Å². The van der Waals surface area contributed by atoms with E-state index in [1.165, 1.54) is 22.8 Å². The summed E-state index contributed by atoms with van der Waals surface area (Å²) in [6, 6.07) is 16.0. The van der Waals surface area contributed by atoms with Crippen molar-refractivity contribution in [3.8, 4) is 0 Å². The Morgan fingerprint density at radius 3 is 2.45 bits per heavy atom. The van der Waals surface area contributed by atoms with Crippen molar-refractivity contribution < 1.29 is 0 Å². The number of hydrogen-bond acceptors (Lipinski definition) is 1. The lowest BCUT2D eigenvalue weighted by molar-refractivity contribution is 0.390. The van der Waals surface area contributed by atoms with Crippen molar-refractivity contribution in [3.63, 3.8) is 0 Å². The number of fused-ring (bicyclic) bond motifs is 1. The van der Waals surface area contributed by atoms with Gasteiger partial charge in [0, 0.05) is 6.04 Å². The average molecular weight is 269 g/mol. The van der Waals surface area contributed by atoms with Gasteiger partial charge in [0.05, 0.1) is 0 Å². The Hall–Kier alpha value is -1.34. The normalized spacial score (nSPS) is 13.6. The van der Waals surface area contributed by atoms with Crippen LogP contribution in [0.2, 0.25) is 0 Å². The number of nitrogens with one attached hydrogen (secondary N) is 1. The molecule has 1 N–H and O–H groups in total. The molecule has 2 rings (SSSR count). The molecule has 0 aliphatic carbocycles. The fourth-order valence-electron chi connectivity index (χ4n) is 2.96. The second-order valence-electron chi connectivity index (χ2n) is 6.51. The standard InChI is InChI=1S/C19H27N/c1-5-12-20-15(2)14-19(3,4)18-11-10-16-8-6-7-9-17(16)13-18/h6-11,13,15,20H,5,12,14H2,1-4H3. The van der Waals surface area contributed by atoms with E-state index in [-0.39, 0.29) is 5.41 Å². The first-order chi connectivity index (χ1) is 9.53. The zero-order chi connectivity index (χ0) is 14.6. The molecule has 0 aromatic heterocycles. The molecule has 0 heterocycles. The predicted octanol–water partition coefficient (Wildman–Crippen LogP) is 4.90. The van der Waals surface area contributed by atoms with Gasteiger partial charge in [-0.05, 0) is 48.1 Å². The lowest BCUT2D eigenvalue weighted by Gasteiger charge is -2.29. The maximum absolute atomic E-state index is 3.60. The van der Waals surface area contributed by atoms with Crippen LogP contribution in [0.15, 0.2) is 42.5 Å². The van der Waals surface area contributed by atoms with Crippen LogP contribution in [-0.2, 0) is 5.41 Å². The molecule has 0 saturated carbocycles. The lowest BCUT2D eigenvalue weighted by atomic mass is 9.78. The van der Waals surface area contributed by atoms with Crippen LogP contribution < -0.4 is 5.32 Å². The van der Waals surface area contributed by atoms with Crippen LogP contribution in [0.25, 0.3) is 10.8 Å². The second kappa shape index (κ2) is 6.41. The molecule has 2 aromatic rings. The van der Waals surface area contributed by atoms with Gasteiger partial charge in [0.15, 0.2) is 0 Å². The minimum Gasteiger partial charge on any atom is -0.314 e. The smallest absolute Gasteiger partial charge is 0.00470 e. The fourth-order valence-corrected chi connectivity index (χ4v) is 2.96. The van der Waals surface area contributed by atoms with Gasteiger partial charge in [-0.15, -0.1) is 0 Å². The minimum atomic E-state index is 0.199. The third-order valence-electron chi connectivity index (χ3n) is 4.09. The van der Waals surface area contributed by atoms with Crippen molar-refractivity contribution in [1.29, 1.82) is 0 Å². The summed E-state index contributed by atoms with van der Waals surface area (Å²) in [5.41, 5.74) is 1.63. The van der Waals surface area contributed by atoms with E-state index < -0.39 is 0 Å². The first-order valence-corrected chi connectivity index (χ1v) is 7.75. The molecule has 0 fully saturated rings. The summed E-state index contributed by atoms with van der Waals surface area (Å²) in [6.45, 7) is 10.3. The summed E-state index contributed by atoms with van der Waals surface area (Å²) in [4.78, 5) is 0. The van der Waals surface area contributed by atoms with Gasteiger partial charge in [-0.3, -0.25) is 0 Å². The molecule has 1 heteroatoms. The Morgan fingerprint density at radius 1 is 1.05 bits per heavy atom. The van der Waals surface area contributed by atoms with Crippen LogP contribution in [0.4, 0.5) is 0 Å². The third-order valence-corrected chi connectivity index (χ3v) is 4.09. The highest BCUT2D eigenvalue weighted by molar-refractivity contribution is 5.83. The predicted molar refractivity (Wildman–Crippen MR) is 89.3 cm³/mol. The van der Waals surface area contributed by atoms with Gasteiger partial charge in [-0.2, -0.15) is 0 Å². The summed E-state index contributed by atoms with van der Waals surface area (Å²) < 4.78 is 0. The van der Waals surface area contributed by atoms with E-state index in [2.05, 4.69) is 75.5 Å². The Bertz CT molecular complexity index is 556. The van der Waals surface area contributed by atoms with Crippen LogP contribution in [0.1, 0.15) is 46.1 Å². The number of hydrogen-bond donors (Lipinski definition) is 1. The second-order valence-corrected chi connectivity index (χ2v) is 6.51. The summed E-state index contributed by atoms with van der Waals surface area (Å²) in [5, 5.41) is 6.26. The third kappa shape index (κ3) is 3.61. The van der Waals surface area contributed by atoms with Crippen molar-refractivity contribution in [3.05, 3.63) is 48.0 Å². The molecule has 0 aliphatic heterocycles. The van der Waals surface area contributed by atoms with Crippen LogP contribution in [0.5, 0.6) is 0 Å². The average Bonchev–Trinajstić information content (AvgIpc) is 2.44. The quantitative estimate of drug-likeness (QED) is 0.787. The van der Waals surface area contributed by atoms with E-state index in [4.69, 9.17) is 0 Å². The Balaban J connectivity index is 2.17. The van der Waals surface area contributed by atoms with Crippen LogP contribution in [0.3, 0.4) is 0 Å². The maximum atomic E-state index is 3.60. The highest BCUT2D eigenvalue weighted by Gasteiger charge is 2.23. The van der Waals surface area contributed by atoms with Crippen molar-refractivity contribution in [1.82, 2.24) is 5.32 Å². The van der Waals surface area contributed by atoms with E-state index >= 15 is 0 Å². The molecule has 1 atom stereocenters. The summed E-state index contributed by atoms with van der Waals surface area (Å²) in [6.07, 6.45) is 2.35. The van der Waals surface area contributed by atoms with Crippen molar-refractivity contribution in [2.24, 2.45) is 0 Å². The summed E-state index contributed by atoms with van der Waals surface area (Å²) in [7, 11) is 0. The van der Waals surface area contributed by atoms with Crippen molar-refractivity contribution in [2.45, 2.75) is 52.0 Å². The number of benzene rings is 2. The van der Waals surface area contributed by atoms with Gasteiger partial charge >= 0.3 is 0 Å². The highest BCUT2D eigenvalue weighted by Crippen LogP contribution is 2.30. The van der Waals surface area contributed by atoms with Gasteiger partial charge in [-0.1, -0.05) is 63.2 Å². The Kier molecular flexibility index (Phi) is 4.82. The monoisotopic (exact) mass is 269 g/mol. The van der Waals surface area contributed by atoms with E-state index in [0.717, 1.165) is 13.0 Å². The molecule has 1 unspecified atom stereocenters. The lowest BCUT2D eigenvalue weighted by Crippen LogP contribution is -2.33. The van der Waals surface area contributed by atoms with E-state index in [1.807, 2.05) is 0 Å². The molecule has 108 valence electrons. The molecule has 0 bridgehead atoms. The van der Waals surface area contributed by atoms with E-state index in [1.54, 1.807) is 0 Å². The molecule has 0 aliphatic rings. The topological polar surface area (TPSA) is 12.0 Å². The van der Waals surface area contributed by atoms with Crippen LogP contribution >= 0.6 is 0 Å². The van der Waals surface area contributed by atoms with E-state index in [9.17, 15) is 0 Å². The molecule has 0 radical (unpaired) electrons. The fraction of sp³-hybridized carbons (Fsp3) is 0.474. The van der Waals surface area contributed by atoms with Gasteiger partial charge in [0.25, 0.3) is 0 Å². The summed E-state index contributed by atoms with van der Waals surface area (Å²) in [5.74, 6) is 0. The maximum Gasteiger partial charge on any atom is 0.00470 e. The van der Waals surface area contributed by atoms with Crippen LogP contribution in [0, 0.1) is 0 Å². The molecule has 0 amide bonds. The molecular formula is C19H27N. The van der Waals surface area contributed by atoms with Gasteiger partial charge in [0.1, 0.15) is 0 Å². The van der Waals surface area contributed by atoms with Crippen molar-refractivity contribution >= 4 is 10.8 Å². The van der Waals surface area contributed by atoms with Gasteiger partial charge in [-0.25, -0.2) is 0 Å². The number of rotatable bonds is 6. The van der Waals surface area contributed by atoms with Gasteiger partial charge in [0.2, 0.25) is 0 Å². The molecule has 2 aromatic carbocycles. The molecule has 20 heavy (non-hydrogen) atoms. The zero-order valence-corrected chi connectivity index (χ0v) is 13.2. The van der Waals surface area contributed by atoms with Gasteiger partial charge < -0.3 is 5.32 Å². The minimum absolute atomic E-state index is 0.199. The molecule has 0 saturated heterocycles. The van der Waals surface area contributed by atoms with Crippen LogP contribution in [-0.4, -0.2) is 12.6 Å².